The van der Waals surface area contributed by atoms with Gasteiger partial charge < -0.3 is 11.1 Å². The van der Waals surface area contributed by atoms with Crippen molar-refractivity contribution < 1.29 is 4.79 Å². The number of hydrogen-bond acceptors (Lipinski definition) is 5. The predicted molar refractivity (Wildman–Crippen MR) is 77.4 cm³/mol. The molecule has 3 N–H and O–H groups in total. The van der Waals surface area contributed by atoms with E-state index in [9.17, 15) is 4.79 Å². The highest BCUT2D eigenvalue weighted by Crippen LogP contribution is 2.38. The molecule has 1 aliphatic rings. The maximum atomic E-state index is 12.0. The van der Waals surface area contributed by atoms with Crippen molar-refractivity contribution in [1.29, 1.82) is 0 Å². The quantitative estimate of drug-likeness (QED) is 0.822. The van der Waals surface area contributed by atoms with Crippen LogP contribution in [-0.4, -0.2) is 5.78 Å². The molecule has 0 aliphatic heterocycles. The number of thiophene rings is 2. The molecule has 2 aromatic heterocycles. The predicted octanol–water partition coefficient (Wildman–Crippen LogP) is 3.60. The van der Waals surface area contributed by atoms with Gasteiger partial charge in [0.15, 0.2) is 5.78 Å². The summed E-state index contributed by atoms with van der Waals surface area (Å²) >= 11 is 3.20. The fourth-order valence-electron chi connectivity index (χ4n) is 1.80. The van der Waals surface area contributed by atoms with Gasteiger partial charge in [0, 0.05) is 10.8 Å². The van der Waals surface area contributed by atoms with Crippen LogP contribution in [0.2, 0.25) is 0 Å². The van der Waals surface area contributed by atoms with Crippen LogP contribution in [0.25, 0.3) is 0 Å². The lowest BCUT2D eigenvalue weighted by atomic mass is 10.2. The molecule has 2 heterocycles. The molecule has 0 bridgehead atoms. The monoisotopic (exact) mass is 278 g/mol. The van der Waals surface area contributed by atoms with Gasteiger partial charge in [0.1, 0.15) is 0 Å². The van der Waals surface area contributed by atoms with Crippen LogP contribution < -0.4 is 11.1 Å². The summed E-state index contributed by atoms with van der Waals surface area (Å²) in [5, 5.41) is 6.35. The highest BCUT2D eigenvalue weighted by Gasteiger charge is 2.32. The Bertz CT molecular complexity index is 556. The third-order valence-corrected chi connectivity index (χ3v) is 4.95. The number of Topliss-reactive ketones (excluding diaryl/α,β-unsaturated/α-hetero) is 1. The molecule has 94 valence electrons. The molecule has 18 heavy (non-hydrogen) atoms. The Labute approximate surface area is 114 Å². The summed E-state index contributed by atoms with van der Waals surface area (Å²) < 4.78 is 0. The Kier molecular flexibility index (Phi) is 3.09. The summed E-state index contributed by atoms with van der Waals surface area (Å²) in [6.07, 6.45) is 2.04. The minimum Gasteiger partial charge on any atom is -0.397 e. The number of ketones is 1. The third kappa shape index (κ3) is 2.42. The lowest BCUT2D eigenvalue weighted by molar-refractivity contribution is 0.0972. The second kappa shape index (κ2) is 4.74. The minimum absolute atomic E-state index is 0.224. The fourth-order valence-corrected chi connectivity index (χ4v) is 3.44. The number of carbonyl (C=O) groups excluding carboxylic acids is 1. The Morgan fingerprint density at radius 3 is 3.00 bits per heavy atom. The van der Waals surface area contributed by atoms with Crippen molar-refractivity contribution in [2.45, 2.75) is 19.4 Å². The molecular weight excluding hydrogens is 264 g/mol. The van der Waals surface area contributed by atoms with Crippen LogP contribution in [0, 0.1) is 5.92 Å². The zero-order valence-electron chi connectivity index (χ0n) is 9.81. The van der Waals surface area contributed by atoms with Crippen molar-refractivity contribution >= 4 is 39.1 Å². The van der Waals surface area contributed by atoms with E-state index in [2.05, 4.69) is 16.8 Å². The molecular formula is C13H14N2OS2. The van der Waals surface area contributed by atoms with Crippen molar-refractivity contribution in [3.8, 4) is 0 Å². The van der Waals surface area contributed by atoms with Crippen molar-refractivity contribution in [3.05, 3.63) is 33.3 Å². The zero-order valence-corrected chi connectivity index (χ0v) is 11.4. The molecule has 0 saturated heterocycles. The molecule has 2 aromatic rings. The van der Waals surface area contributed by atoms with E-state index in [4.69, 9.17) is 5.73 Å². The maximum absolute atomic E-state index is 12.0. The van der Waals surface area contributed by atoms with Gasteiger partial charge in [-0.1, -0.05) is 6.07 Å². The summed E-state index contributed by atoms with van der Waals surface area (Å²) in [5.74, 6) is 0.456. The van der Waals surface area contributed by atoms with E-state index >= 15 is 0 Å². The number of carbonyl (C=O) groups is 1. The van der Waals surface area contributed by atoms with Gasteiger partial charge in [-0.05, 0) is 30.4 Å². The van der Waals surface area contributed by atoms with E-state index in [0.29, 0.717) is 5.69 Å². The molecule has 1 saturated carbocycles. The van der Waals surface area contributed by atoms with E-state index < -0.39 is 0 Å². The smallest absolute Gasteiger partial charge is 0.178 e. The highest BCUT2D eigenvalue weighted by molar-refractivity contribution is 7.18. The Balaban J connectivity index is 1.69. The molecule has 5 heteroatoms. The van der Waals surface area contributed by atoms with Crippen molar-refractivity contribution in [2.75, 3.05) is 11.1 Å². The first-order chi connectivity index (χ1) is 8.74. The van der Waals surface area contributed by atoms with Gasteiger partial charge in [0.05, 0.1) is 22.1 Å². The summed E-state index contributed by atoms with van der Waals surface area (Å²) in [4.78, 5) is 14.0. The van der Waals surface area contributed by atoms with E-state index in [1.165, 1.54) is 16.2 Å². The van der Waals surface area contributed by atoms with E-state index in [-0.39, 0.29) is 11.7 Å². The largest absolute Gasteiger partial charge is 0.397 e. The Morgan fingerprint density at radius 2 is 2.33 bits per heavy atom. The molecule has 1 aliphatic carbocycles. The summed E-state index contributed by atoms with van der Waals surface area (Å²) in [5.41, 5.74) is 6.53. The van der Waals surface area contributed by atoms with Crippen LogP contribution >= 0.6 is 22.7 Å². The van der Waals surface area contributed by atoms with Gasteiger partial charge in [0.25, 0.3) is 0 Å². The summed E-state index contributed by atoms with van der Waals surface area (Å²) in [6, 6.07) is 5.99. The molecule has 3 rings (SSSR count). The van der Waals surface area contributed by atoms with Gasteiger partial charge >= 0.3 is 0 Å². The number of nitrogens with two attached hydrogens (primary N) is 1. The topological polar surface area (TPSA) is 55.1 Å². The number of anilines is 2. The van der Waals surface area contributed by atoms with Gasteiger partial charge in [-0.15, -0.1) is 22.7 Å². The van der Waals surface area contributed by atoms with Gasteiger partial charge in [-0.3, -0.25) is 4.79 Å². The van der Waals surface area contributed by atoms with Crippen molar-refractivity contribution in [2.24, 2.45) is 5.92 Å². The van der Waals surface area contributed by atoms with Crippen LogP contribution in [0.4, 0.5) is 10.7 Å². The highest BCUT2D eigenvalue weighted by atomic mass is 32.1. The molecule has 0 aromatic carbocycles. The number of rotatable bonds is 5. The van der Waals surface area contributed by atoms with Crippen molar-refractivity contribution in [1.82, 2.24) is 0 Å². The van der Waals surface area contributed by atoms with Crippen LogP contribution in [0.15, 0.2) is 23.6 Å². The van der Waals surface area contributed by atoms with Crippen LogP contribution in [0.3, 0.4) is 0 Å². The Hall–Kier alpha value is -1.33. The average molecular weight is 278 g/mol. The fraction of sp³-hybridized carbons (Fsp3) is 0.308. The molecule has 0 unspecified atom stereocenters. The molecule has 0 atom stereocenters. The summed E-state index contributed by atoms with van der Waals surface area (Å²) in [6.45, 7) is 0.786. The van der Waals surface area contributed by atoms with Crippen LogP contribution in [-0.2, 0) is 6.54 Å². The summed E-state index contributed by atoms with van der Waals surface area (Å²) in [7, 11) is 0. The first kappa shape index (κ1) is 11.7. The number of nitrogens with one attached hydrogen (secondary N) is 1. The molecule has 3 nitrogen and oxygen atoms in total. The molecule has 1 fully saturated rings. The average Bonchev–Trinajstić information content (AvgIpc) is 2.95. The standard InChI is InChI=1S/C13H14N2OS2/c14-10-6-11(15-7-9-2-1-5-17-9)18-13(10)12(16)8-3-4-8/h1-2,5-6,8,15H,3-4,7,14H2. The normalized spacial score (nSPS) is 14.7. The van der Waals surface area contributed by atoms with E-state index in [1.807, 2.05) is 12.1 Å². The second-order valence-corrected chi connectivity index (χ2v) is 6.55. The van der Waals surface area contributed by atoms with Crippen molar-refractivity contribution in [3.63, 3.8) is 0 Å². The van der Waals surface area contributed by atoms with Gasteiger partial charge in [-0.25, -0.2) is 0 Å². The van der Waals surface area contributed by atoms with Gasteiger partial charge in [-0.2, -0.15) is 0 Å². The third-order valence-electron chi connectivity index (χ3n) is 2.95. The Morgan fingerprint density at radius 1 is 1.50 bits per heavy atom. The molecule has 0 radical (unpaired) electrons. The zero-order chi connectivity index (χ0) is 12.5. The second-order valence-electron chi connectivity index (χ2n) is 4.47. The first-order valence-corrected chi connectivity index (χ1v) is 7.63. The number of nitrogen functional groups attached to an aromatic ring is 1. The SMILES string of the molecule is Nc1cc(NCc2cccs2)sc1C(=O)C1CC1. The van der Waals surface area contributed by atoms with E-state index in [1.54, 1.807) is 11.3 Å². The number of hydrogen-bond donors (Lipinski definition) is 2. The minimum atomic E-state index is 0.224. The lowest BCUT2D eigenvalue weighted by Gasteiger charge is -1.99. The van der Waals surface area contributed by atoms with Gasteiger partial charge in [0.2, 0.25) is 0 Å². The first-order valence-electron chi connectivity index (χ1n) is 5.94. The maximum Gasteiger partial charge on any atom is 0.178 e. The van der Waals surface area contributed by atoms with E-state index in [0.717, 1.165) is 29.3 Å². The molecule has 0 amide bonds. The van der Waals surface area contributed by atoms with Crippen LogP contribution in [0.1, 0.15) is 27.4 Å². The lowest BCUT2D eigenvalue weighted by Crippen LogP contribution is -2.01. The van der Waals surface area contributed by atoms with Crippen LogP contribution in [0.5, 0.6) is 0 Å². The molecule has 0 spiro atoms.